The van der Waals surface area contributed by atoms with Gasteiger partial charge < -0.3 is 9.84 Å². The molecule has 0 atom stereocenters. The minimum Gasteiger partial charge on any atom is -0.494 e. The van der Waals surface area contributed by atoms with E-state index >= 15 is 0 Å². The molecule has 0 bridgehead atoms. The van der Waals surface area contributed by atoms with Crippen LogP contribution < -0.4 is 4.74 Å². The van der Waals surface area contributed by atoms with E-state index in [2.05, 4.69) is 20.9 Å². The number of hydrogen-bond acceptors (Lipinski definition) is 3. The summed E-state index contributed by atoms with van der Waals surface area (Å²) in [6, 6.07) is 1.72. The third-order valence-electron chi connectivity index (χ3n) is 1.45. The molecule has 0 aliphatic carbocycles. The van der Waals surface area contributed by atoms with Crippen LogP contribution in [0.25, 0.3) is 6.08 Å². The number of rotatable bonds is 3. The monoisotopic (exact) mass is 257 g/mol. The van der Waals surface area contributed by atoms with E-state index in [-0.39, 0.29) is 0 Å². The van der Waals surface area contributed by atoms with Crippen molar-refractivity contribution < 1.29 is 14.6 Å². The molecule has 5 heteroatoms. The molecule has 0 aliphatic heterocycles. The van der Waals surface area contributed by atoms with E-state index in [4.69, 9.17) is 9.84 Å². The summed E-state index contributed by atoms with van der Waals surface area (Å²) < 4.78 is 5.80. The number of carboxylic acid groups (broad SMARTS) is 1. The van der Waals surface area contributed by atoms with Crippen LogP contribution >= 0.6 is 15.9 Å². The lowest BCUT2D eigenvalue weighted by Crippen LogP contribution is -1.92. The van der Waals surface area contributed by atoms with Crippen LogP contribution in [0.2, 0.25) is 0 Å². The lowest BCUT2D eigenvalue weighted by atomic mass is 10.3. The van der Waals surface area contributed by atoms with Gasteiger partial charge in [0.05, 0.1) is 7.11 Å². The van der Waals surface area contributed by atoms with E-state index in [0.29, 0.717) is 11.4 Å². The van der Waals surface area contributed by atoms with Gasteiger partial charge in [0.1, 0.15) is 11.4 Å². The molecule has 0 saturated carbocycles. The molecule has 0 saturated heterocycles. The molecule has 74 valence electrons. The van der Waals surface area contributed by atoms with Crippen LogP contribution in [0, 0.1) is 0 Å². The Bertz CT molecular complexity index is 376. The molecule has 0 radical (unpaired) electrons. The second kappa shape index (κ2) is 4.76. The summed E-state index contributed by atoms with van der Waals surface area (Å²) in [6.45, 7) is 0. The average molecular weight is 258 g/mol. The van der Waals surface area contributed by atoms with Crippen LogP contribution in [0.4, 0.5) is 0 Å². The maximum atomic E-state index is 10.3. The van der Waals surface area contributed by atoms with E-state index < -0.39 is 5.97 Å². The number of carbonyl (C=O) groups is 1. The fraction of sp³-hybridized carbons (Fsp3) is 0.111. The Kier molecular flexibility index (Phi) is 3.64. The third kappa shape index (κ3) is 2.85. The number of aromatic nitrogens is 1. The van der Waals surface area contributed by atoms with Gasteiger partial charge in [0.25, 0.3) is 0 Å². The summed E-state index contributed by atoms with van der Waals surface area (Å²) in [5.41, 5.74) is 0.484. The molecule has 1 N–H and O–H groups in total. The molecule has 0 aromatic carbocycles. The highest BCUT2D eigenvalue weighted by Gasteiger charge is 2.02. The molecule has 0 unspecified atom stereocenters. The highest BCUT2D eigenvalue weighted by Crippen LogP contribution is 2.21. The quantitative estimate of drug-likeness (QED) is 0.842. The largest absolute Gasteiger partial charge is 0.494 e. The maximum Gasteiger partial charge on any atom is 0.328 e. The van der Waals surface area contributed by atoms with Crippen LogP contribution in [0.5, 0.6) is 5.75 Å². The minimum absolute atomic E-state index is 0.484. The second-order valence-electron chi connectivity index (χ2n) is 2.41. The van der Waals surface area contributed by atoms with Crippen molar-refractivity contribution in [1.82, 2.24) is 4.98 Å². The van der Waals surface area contributed by atoms with Gasteiger partial charge in [-0.1, -0.05) is 0 Å². The van der Waals surface area contributed by atoms with E-state index in [1.807, 2.05) is 0 Å². The van der Waals surface area contributed by atoms with Crippen molar-refractivity contribution in [2.45, 2.75) is 0 Å². The molecule has 0 amide bonds. The number of hydrogen-bond donors (Lipinski definition) is 1. The van der Waals surface area contributed by atoms with Crippen LogP contribution in [-0.4, -0.2) is 23.2 Å². The zero-order valence-corrected chi connectivity index (χ0v) is 8.98. The molecule has 1 heterocycles. The fourth-order valence-corrected chi connectivity index (χ4v) is 1.18. The molecule has 1 rings (SSSR count). The van der Waals surface area contributed by atoms with Crippen molar-refractivity contribution in [3.05, 3.63) is 28.5 Å². The van der Waals surface area contributed by atoms with Crippen molar-refractivity contribution in [2.75, 3.05) is 7.11 Å². The molecule has 1 aromatic rings. The summed E-state index contributed by atoms with van der Waals surface area (Å²) in [5, 5.41) is 8.43. The first-order chi connectivity index (χ1) is 6.63. The van der Waals surface area contributed by atoms with Crippen LogP contribution in [0.15, 0.2) is 22.8 Å². The first-order valence-corrected chi connectivity index (χ1v) is 4.53. The second-order valence-corrected chi connectivity index (χ2v) is 3.33. The van der Waals surface area contributed by atoms with E-state index in [1.54, 1.807) is 12.3 Å². The van der Waals surface area contributed by atoms with Crippen LogP contribution in [0.1, 0.15) is 5.69 Å². The highest BCUT2D eigenvalue weighted by molar-refractivity contribution is 9.10. The lowest BCUT2D eigenvalue weighted by molar-refractivity contribution is -0.131. The van der Waals surface area contributed by atoms with Crippen LogP contribution in [0.3, 0.4) is 0 Å². The average Bonchev–Trinajstić information content (AvgIpc) is 2.15. The predicted molar refractivity (Wildman–Crippen MR) is 55.2 cm³/mol. The molecular weight excluding hydrogens is 250 g/mol. The van der Waals surface area contributed by atoms with E-state index in [9.17, 15) is 4.79 Å². The topological polar surface area (TPSA) is 59.4 Å². The Balaban J connectivity index is 3.02. The van der Waals surface area contributed by atoms with Gasteiger partial charge in [-0.05, 0) is 28.1 Å². The van der Waals surface area contributed by atoms with E-state index in [0.717, 1.165) is 10.5 Å². The summed E-state index contributed by atoms with van der Waals surface area (Å²) in [4.78, 5) is 14.3. The van der Waals surface area contributed by atoms with Gasteiger partial charge in [0.15, 0.2) is 0 Å². The van der Waals surface area contributed by atoms with Crippen molar-refractivity contribution in [3.8, 4) is 5.75 Å². The highest BCUT2D eigenvalue weighted by atomic mass is 79.9. The van der Waals surface area contributed by atoms with Gasteiger partial charge in [0, 0.05) is 16.7 Å². The first-order valence-electron chi connectivity index (χ1n) is 3.74. The predicted octanol–water partition coefficient (Wildman–Crippen LogP) is 1.95. The van der Waals surface area contributed by atoms with Gasteiger partial charge in [-0.15, -0.1) is 0 Å². The normalized spacial score (nSPS) is 10.4. The molecule has 0 spiro atoms. The van der Waals surface area contributed by atoms with Gasteiger partial charge in [0.2, 0.25) is 0 Å². The zero-order valence-electron chi connectivity index (χ0n) is 7.40. The van der Waals surface area contributed by atoms with Crippen LogP contribution in [-0.2, 0) is 4.79 Å². The number of carboxylic acids is 1. The molecule has 0 fully saturated rings. The molecule has 0 aliphatic rings. The lowest BCUT2D eigenvalue weighted by Gasteiger charge is -2.03. The number of pyridine rings is 1. The summed E-state index contributed by atoms with van der Waals surface area (Å²) in [6.07, 6.45) is 3.97. The Morgan fingerprint density at radius 2 is 2.43 bits per heavy atom. The van der Waals surface area contributed by atoms with Gasteiger partial charge in [-0.25, -0.2) is 4.79 Å². The molecule has 14 heavy (non-hydrogen) atoms. The van der Waals surface area contributed by atoms with Crippen molar-refractivity contribution in [1.29, 1.82) is 0 Å². The number of aliphatic carboxylic acids is 1. The third-order valence-corrected chi connectivity index (χ3v) is 1.89. The van der Waals surface area contributed by atoms with Crippen molar-refractivity contribution in [2.24, 2.45) is 0 Å². The Morgan fingerprint density at radius 1 is 1.71 bits per heavy atom. The van der Waals surface area contributed by atoms with Gasteiger partial charge in [-0.3, -0.25) is 4.98 Å². The molecule has 4 nitrogen and oxygen atoms in total. The Labute approximate surface area is 89.4 Å². The minimum atomic E-state index is -1.02. The zero-order chi connectivity index (χ0) is 10.6. The number of halogens is 1. The number of methoxy groups -OCH3 is 1. The van der Waals surface area contributed by atoms with Crippen molar-refractivity contribution in [3.63, 3.8) is 0 Å². The van der Waals surface area contributed by atoms with Gasteiger partial charge >= 0.3 is 5.97 Å². The van der Waals surface area contributed by atoms with E-state index in [1.165, 1.54) is 13.2 Å². The Morgan fingerprint density at radius 3 is 3.00 bits per heavy atom. The summed E-state index contributed by atoms with van der Waals surface area (Å²) in [5.74, 6) is -0.492. The standard InChI is InChI=1S/C9H8BrNO3/c1-14-8-4-6(10)5-11-7(8)2-3-9(12)13/h2-5H,1H3,(H,12,13)/b3-2+. The summed E-state index contributed by atoms with van der Waals surface area (Å²) in [7, 11) is 1.50. The maximum absolute atomic E-state index is 10.3. The number of ether oxygens (including phenoxy) is 1. The SMILES string of the molecule is COc1cc(Br)cnc1/C=C/C(=O)O. The smallest absolute Gasteiger partial charge is 0.328 e. The number of nitrogens with zero attached hydrogens (tertiary/aromatic N) is 1. The van der Waals surface area contributed by atoms with Crippen molar-refractivity contribution >= 4 is 28.0 Å². The summed E-state index contributed by atoms with van der Waals surface area (Å²) >= 11 is 3.23. The first kappa shape index (κ1) is 10.7. The molecular formula is C9H8BrNO3. The van der Waals surface area contributed by atoms with Gasteiger partial charge in [-0.2, -0.15) is 0 Å². The Hall–Kier alpha value is -1.36. The molecule has 1 aromatic heterocycles. The fourth-order valence-electron chi connectivity index (χ4n) is 0.870.